The van der Waals surface area contributed by atoms with Crippen molar-refractivity contribution in [1.82, 2.24) is 9.97 Å². The Labute approximate surface area is 237 Å². The van der Waals surface area contributed by atoms with Crippen LogP contribution in [0.3, 0.4) is 0 Å². The number of thiazole rings is 1. The lowest BCUT2D eigenvalue weighted by Crippen LogP contribution is -2.21. The van der Waals surface area contributed by atoms with Gasteiger partial charge >= 0.3 is 12.1 Å². The zero-order chi connectivity index (χ0) is 29.7. The Morgan fingerprint density at radius 2 is 1.82 bits per heavy atom. The van der Waals surface area contributed by atoms with Gasteiger partial charge in [-0.3, -0.25) is 4.72 Å². The Bertz CT molecular complexity index is 1460. The largest absolute Gasteiger partial charge is 0.490 e. The monoisotopic (exact) mass is 622 g/mol. The van der Waals surface area contributed by atoms with Crippen LogP contribution in [0, 0.1) is 25.6 Å². The molecule has 0 saturated heterocycles. The van der Waals surface area contributed by atoms with E-state index in [1.165, 1.54) is 49.6 Å². The molecule has 1 aliphatic rings. The number of sulfonamides is 1. The molecular formula is C25H27ClF4N4O4S2. The molecule has 15 heteroatoms. The van der Waals surface area contributed by atoms with E-state index in [1.807, 2.05) is 13.0 Å². The number of alkyl halides is 3. The van der Waals surface area contributed by atoms with Gasteiger partial charge in [0.05, 0.1) is 27.4 Å². The van der Waals surface area contributed by atoms with Crippen LogP contribution in [0.4, 0.5) is 28.4 Å². The molecule has 0 aliphatic heterocycles. The number of halogens is 5. The molecule has 40 heavy (non-hydrogen) atoms. The fourth-order valence-corrected chi connectivity index (χ4v) is 6.46. The molecule has 1 aromatic carbocycles. The van der Waals surface area contributed by atoms with Crippen LogP contribution in [0.15, 0.2) is 35.4 Å². The van der Waals surface area contributed by atoms with Crippen LogP contribution in [-0.4, -0.2) is 42.2 Å². The van der Waals surface area contributed by atoms with Gasteiger partial charge in [0.25, 0.3) is 10.0 Å². The molecule has 1 fully saturated rings. The van der Waals surface area contributed by atoms with Gasteiger partial charge < -0.3 is 10.4 Å². The fourth-order valence-electron chi connectivity index (χ4n) is 4.08. The summed E-state index contributed by atoms with van der Waals surface area (Å²) < 4.78 is 73.9. The van der Waals surface area contributed by atoms with Crippen LogP contribution in [-0.2, 0) is 14.8 Å². The van der Waals surface area contributed by atoms with E-state index in [0.29, 0.717) is 11.5 Å². The summed E-state index contributed by atoms with van der Waals surface area (Å²) in [6.07, 6.45) is 2.52. The van der Waals surface area contributed by atoms with Crippen molar-refractivity contribution in [2.24, 2.45) is 5.92 Å². The Hall–Kier alpha value is -2.97. The topological polar surface area (TPSA) is 121 Å². The van der Waals surface area contributed by atoms with Gasteiger partial charge in [-0.25, -0.2) is 27.6 Å². The lowest BCUT2D eigenvalue weighted by molar-refractivity contribution is -0.192. The molecule has 1 saturated carbocycles. The van der Waals surface area contributed by atoms with Gasteiger partial charge in [-0.1, -0.05) is 54.3 Å². The van der Waals surface area contributed by atoms with Gasteiger partial charge in [0.1, 0.15) is 0 Å². The van der Waals surface area contributed by atoms with Crippen LogP contribution in [0.25, 0.3) is 10.4 Å². The van der Waals surface area contributed by atoms with Gasteiger partial charge in [0, 0.05) is 12.6 Å². The average Bonchev–Trinajstić information content (AvgIpc) is 3.26. The number of anilines is 2. The number of carbonyl (C=O) groups is 1. The molecule has 0 atom stereocenters. The summed E-state index contributed by atoms with van der Waals surface area (Å²) in [7, 11) is -3.97. The smallest absolute Gasteiger partial charge is 0.475 e. The minimum absolute atomic E-state index is 0.00451. The van der Waals surface area contributed by atoms with Crippen molar-refractivity contribution < 1.29 is 35.9 Å². The van der Waals surface area contributed by atoms with Crippen molar-refractivity contribution in [3.05, 3.63) is 52.7 Å². The fraction of sp³-hybridized carbons (Fsp3) is 0.400. The van der Waals surface area contributed by atoms with Crippen LogP contribution in [0.2, 0.25) is 5.15 Å². The second-order valence-electron chi connectivity index (χ2n) is 9.20. The number of carboxylic acids is 1. The van der Waals surface area contributed by atoms with Gasteiger partial charge in [0.2, 0.25) is 0 Å². The number of aliphatic carboxylic acids is 1. The highest BCUT2D eigenvalue weighted by molar-refractivity contribution is 7.92. The maximum absolute atomic E-state index is 13.7. The van der Waals surface area contributed by atoms with Crippen molar-refractivity contribution in [2.75, 3.05) is 16.6 Å². The quantitative estimate of drug-likeness (QED) is 0.191. The number of rotatable bonds is 7. The first kappa shape index (κ1) is 31.6. The average molecular weight is 623 g/mol. The Kier molecular flexibility index (Phi) is 10.4. The molecular weight excluding hydrogens is 596 g/mol. The number of nitrogens with zero attached hydrogens (tertiary/aromatic N) is 2. The summed E-state index contributed by atoms with van der Waals surface area (Å²) in [6.45, 7) is 4.55. The summed E-state index contributed by atoms with van der Waals surface area (Å²) in [5, 5.41) is 11.1. The third-order valence-electron chi connectivity index (χ3n) is 6.09. The summed E-state index contributed by atoms with van der Waals surface area (Å²) in [4.78, 5) is 18.2. The van der Waals surface area contributed by atoms with Gasteiger partial charge in [0.15, 0.2) is 16.1 Å². The Morgan fingerprint density at radius 1 is 1.18 bits per heavy atom. The molecule has 0 radical (unpaired) electrons. The highest BCUT2D eigenvalue weighted by Gasteiger charge is 2.38. The number of hydrogen-bond donors (Lipinski definition) is 3. The lowest BCUT2D eigenvalue weighted by Gasteiger charge is -2.21. The molecule has 1 aliphatic carbocycles. The van der Waals surface area contributed by atoms with Crippen molar-refractivity contribution in [1.29, 1.82) is 0 Å². The van der Waals surface area contributed by atoms with E-state index in [4.69, 9.17) is 21.5 Å². The SMILES string of the molecule is Cc1ccc(-c2sc(NCC3CCCCC3)nc2C)cc1S(=O)(=O)Nc1cnc(Cl)c(F)c1.O=C(O)C(F)(F)F. The van der Waals surface area contributed by atoms with Crippen LogP contribution in [0.1, 0.15) is 43.4 Å². The number of benzene rings is 1. The van der Waals surface area contributed by atoms with Gasteiger partial charge in [-0.15, -0.1) is 0 Å². The predicted molar refractivity (Wildman–Crippen MR) is 146 cm³/mol. The number of aromatic nitrogens is 2. The maximum atomic E-state index is 13.7. The van der Waals surface area contributed by atoms with Crippen LogP contribution < -0.4 is 10.0 Å². The van der Waals surface area contributed by atoms with Crippen molar-refractivity contribution >= 4 is 49.7 Å². The molecule has 0 bridgehead atoms. The van der Waals surface area contributed by atoms with Crippen LogP contribution in [0.5, 0.6) is 0 Å². The second kappa shape index (κ2) is 13.1. The van der Waals surface area contributed by atoms with E-state index in [1.54, 1.807) is 19.1 Å². The third-order valence-corrected chi connectivity index (χ3v) is 9.06. The maximum Gasteiger partial charge on any atom is 0.490 e. The zero-order valence-electron chi connectivity index (χ0n) is 21.5. The molecule has 0 unspecified atom stereocenters. The second-order valence-corrected chi connectivity index (χ2v) is 12.2. The van der Waals surface area contributed by atoms with Crippen molar-refractivity contribution in [3.63, 3.8) is 0 Å². The molecule has 0 spiro atoms. The van der Waals surface area contributed by atoms with E-state index in [-0.39, 0.29) is 15.7 Å². The molecule has 4 rings (SSSR count). The Morgan fingerprint density at radius 3 is 2.42 bits per heavy atom. The first-order valence-corrected chi connectivity index (χ1v) is 14.8. The summed E-state index contributed by atoms with van der Waals surface area (Å²) in [5.41, 5.74) is 2.19. The van der Waals surface area contributed by atoms with Crippen molar-refractivity contribution in [3.8, 4) is 10.4 Å². The first-order valence-electron chi connectivity index (χ1n) is 12.1. The summed E-state index contributed by atoms with van der Waals surface area (Å²) >= 11 is 7.11. The van der Waals surface area contributed by atoms with Gasteiger partial charge in [-0.05, 0) is 49.8 Å². The first-order chi connectivity index (χ1) is 18.7. The van der Waals surface area contributed by atoms with E-state index in [9.17, 15) is 26.0 Å². The summed E-state index contributed by atoms with van der Waals surface area (Å²) in [6, 6.07) is 6.29. The molecule has 3 N–H and O–H groups in total. The molecule has 0 amide bonds. The number of hydrogen-bond acceptors (Lipinski definition) is 7. The van der Waals surface area contributed by atoms with E-state index in [2.05, 4.69) is 20.0 Å². The zero-order valence-corrected chi connectivity index (χ0v) is 23.9. The Balaban J connectivity index is 0.000000559. The van der Waals surface area contributed by atoms with Crippen LogP contribution >= 0.6 is 22.9 Å². The minimum Gasteiger partial charge on any atom is -0.475 e. The van der Waals surface area contributed by atoms with E-state index >= 15 is 0 Å². The molecule has 2 heterocycles. The van der Waals surface area contributed by atoms with Crippen molar-refractivity contribution in [2.45, 2.75) is 57.0 Å². The summed E-state index contributed by atoms with van der Waals surface area (Å²) in [5.74, 6) is -2.87. The number of carboxylic acid groups (broad SMARTS) is 1. The highest BCUT2D eigenvalue weighted by Crippen LogP contribution is 2.35. The highest BCUT2D eigenvalue weighted by atomic mass is 35.5. The third kappa shape index (κ3) is 8.51. The van der Waals surface area contributed by atoms with E-state index < -0.39 is 28.0 Å². The number of pyridine rings is 1. The van der Waals surface area contributed by atoms with E-state index in [0.717, 1.165) is 33.9 Å². The molecule has 2 aromatic heterocycles. The standard InChI is InChI=1S/C23H26ClFN4O2S2.C2HF3O2/c1-14-8-9-17(10-20(14)33(30,31)29-18-11-19(25)22(24)26-13-18)21-15(2)28-23(32-21)27-12-16-6-4-3-5-7-16;3-2(4,5)1(6)7/h8-11,13,16,29H,3-7,12H2,1-2H3,(H,27,28);(H,6,7). The molecule has 3 aromatic rings. The van der Waals surface area contributed by atoms with Gasteiger partial charge in [-0.2, -0.15) is 13.2 Å². The lowest BCUT2D eigenvalue weighted by atomic mass is 9.89. The molecule has 8 nitrogen and oxygen atoms in total. The number of aryl methyl sites for hydroxylation is 2. The number of nitrogens with one attached hydrogen (secondary N) is 2. The normalized spacial score (nSPS) is 14.3. The predicted octanol–water partition coefficient (Wildman–Crippen LogP) is 7.04. The molecule has 218 valence electrons. The minimum atomic E-state index is -5.08.